The first-order valence-electron chi connectivity index (χ1n) is 6.10. The summed E-state index contributed by atoms with van der Waals surface area (Å²) in [5, 5.41) is 0. The number of carbonyl (C=O) groups excluding carboxylic acids is 1. The Morgan fingerprint density at radius 3 is 2.50 bits per heavy atom. The summed E-state index contributed by atoms with van der Waals surface area (Å²) in [6, 6.07) is 8.82. The molecule has 98 valence electrons. The summed E-state index contributed by atoms with van der Waals surface area (Å²) in [6.07, 6.45) is 0.550. The van der Waals surface area contributed by atoms with E-state index in [1.54, 1.807) is 17.0 Å². The highest BCUT2D eigenvalue weighted by molar-refractivity contribution is 7.91. The molecule has 1 saturated heterocycles. The van der Waals surface area contributed by atoms with E-state index in [1.165, 1.54) is 0 Å². The average Bonchev–Trinajstić information content (AvgIpc) is 2.71. The first kappa shape index (κ1) is 13.1. The minimum atomic E-state index is -2.96. The highest BCUT2D eigenvalue weighted by Gasteiger charge is 2.34. The lowest BCUT2D eigenvalue weighted by Gasteiger charge is -2.26. The quantitative estimate of drug-likeness (QED) is 0.830. The molecule has 1 amide bonds. The molecule has 4 nitrogen and oxygen atoms in total. The maximum Gasteiger partial charge on any atom is 0.254 e. The van der Waals surface area contributed by atoms with Gasteiger partial charge in [-0.2, -0.15) is 0 Å². The first-order chi connectivity index (χ1) is 8.53. The van der Waals surface area contributed by atoms with Gasteiger partial charge in [0.2, 0.25) is 0 Å². The molecular weight excluding hydrogens is 250 g/mol. The molecule has 0 radical (unpaired) electrons. The molecule has 1 atom stereocenters. The van der Waals surface area contributed by atoms with Crippen LogP contribution in [0.15, 0.2) is 30.3 Å². The van der Waals surface area contributed by atoms with Gasteiger partial charge in [0.25, 0.3) is 5.91 Å². The molecule has 18 heavy (non-hydrogen) atoms. The van der Waals surface area contributed by atoms with Gasteiger partial charge in [-0.15, -0.1) is 0 Å². The molecule has 5 heteroatoms. The fourth-order valence-electron chi connectivity index (χ4n) is 2.34. The largest absolute Gasteiger partial charge is 0.335 e. The van der Waals surface area contributed by atoms with E-state index in [-0.39, 0.29) is 23.5 Å². The normalized spacial score (nSPS) is 21.7. The van der Waals surface area contributed by atoms with E-state index in [0.717, 1.165) is 0 Å². The SMILES string of the molecule is CCN(C(=O)c1ccccc1)[C@H]1CCS(=O)(=O)C1. The van der Waals surface area contributed by atoms with Crippen LogP contribution in [-0.4, -0.2) is 43.3 Å². The topological polar surface area (TPSA) is 54.5 Å². The third kappa shape index (κ3) is 2.72. The summed E-state index contributed by atoms with van der Waals surface area (Å²) in [5.74, 6) is 0.204. The fraction of sp³-hybridized carbons (Fsp3) is 0.462. The number of sulfone groups is 1. The molecule has 1 aromatic rings. The third-order valence-electron chi connectivity index (χ3n) is 3.27. The molecule has 0 bridgehead atoms. The van der Waals surface area contributed by atoms with Gasteiger partial charge in [0, 0.05) is 18.2 Å². The molecule has 1 aromatic carbocycles. The van der Waals surface area contributed by atoms with Crippen LogP contribution in [0.2, 0.25) is 0 Å². The zero-order valence-electron chi connectivity index (χ0n) is 10.4. The smallest absolute Gasteiger partial charge is 0.254 e. The van der Waals surface area contributed by atoms with Crippen molar-refractivity contribution in [1.29, 1.82) is 0 Å². The second kappa shape index (κ2) is 5.10. The van der Waals surface area contributed by atoms with Gasteiger partial charge in [-0.1, -0.05) is 18.2 Å². The van der Waals surface area contributed by atoms with Gasteiger partial charge in [0.15, 0.2) is 9.84 Å². The predicted octanol–water partition coefficient (Wildman–Crippen LogP) is 1.34. The highest BCUT2D eigenvalue weighted by Crippen LogP contribution is 2.19. The summed E-state index contributed by atoms with van der Waals surface area (Å²) in [7, 11) is -2.96. The Balaban J connectivity index is 2.17. The van der Waals surface area contributed by atoms with E-state index in [1.807, 2.05) is 25.1 Å². The Bertz CT molecular complexity index is 524. The third-order valence-corrected chi connectivity index (χ3v) is 5.02. The van der Waals surface area contributed by atoms with Crippen LogP contribution < -0.4 is 0 Å². The second-order valence-corrected chi connectivity index (χ2v) is 6.74. The van der Waals surface area contributed by atoms with Crippen molar-refractivity contribution in [2.75, 3.05) is 18.1 Å². The molecule has 0 N–H and O–H groups in total. The van der Waals surface area contributed by atoms with Gasteiger partial charge in [-0.05, 0) is 25.5 Å². The maximum absolute atomic E-state index is 12.3. The molecule has 0 spiro atoms. The Labute approximate surface area is 108 Å². The van der Waals surface area contributed by atoms with Crippen LogP contribution in [0.4, 0.5) is 0 Å². The van der Waals surface area contributed by atoms with E-state index < -0.39 is 9.84 Å². The molecule has 0 unspecified atom stereocenters. The molecule has 1 aliphatic heterocycles. The number of rotatable bonds is 3. The molecule has 1 aliphatic rings. The first-order valence-corrected chi connectivity index (χ1v) is 7.92. The summed E-state index contributed by atoms with van der Waals surface area (Å²) >= 11 is 0. The summed E-state index contributed by atoms with van der Waals surface area (Å²) in [6.45, 7) is 2.42. The fourth-order valence-corrected chi connectivity index (χ4v) is 4.07. The highest BCUT2D eigenvalue weighted by atomic mass is 32.2. The van der Waals surface area contributed by atoms with Crippen molar-refractivity contribution in [1.82, 2.24) is 4.90 Å². The molecule has 0 saturated carbocycles. The van der Waals surface area contributed by atoms with E-state index >= 15 is 0 Å². The average molecular weight is 267 g/mol. The van der Waals surface area contributed by atoms with Crippen LogP contribution >= 0.6 is 0 Å². The van der Waals surface area contributed by atoms with Crippen molar-refractivity contribution < 1.29 is 13.2 Å². The Morgan fingerprint density at radius 2 is 2.00 bits per heavy atom. The van der Waals surface area contributed by atoms with E-state index in [0.29, 0.717) is 18.5 Å². The van der Waals surface area contributed by atoms with Crippen molar-refractivity contribution >= 4 is 15.7 Å². The zero-order valence-corrected chi connectivity index (χ0v) is 11.2. The van der Waals surface area contributed by atoms with Crippen molar-refractivity contribution in [3.8, 4) is 0 Å². The van der Waals surface area contributed by atoms with E-state index in [9.17, 15) is 13.2 Å². The number of nitrogens with zero attached hydrogens (tertiary/aromatic N) is 1. The summed E-state index contributed by atoms with van der Waals surface area (Å²) in [4.78, 5) is 14.0. The van der Waals surface area contributed by atoms with Gasteiger partial charge in [0.1, 0.15) is 0 Å². The zero-order chi connectivity index (χ0) is 13.2. The lowest BCUT2D eigenvalue weighted by atomic mass is 10.1. The Morgan fingerprint density at radius 1 is 1.33 bits per heavy atom. The van der Waals surface area contributed by atoms with Crippen molar-refractivity contribution in [3.05, 3.63) is 35.9 Å². The number of hydrogen-bond acceptors (Lipinski definition) is 3. The van der Waals surface area contributed by atoms with Crippen molar-refractivity contribution in [2.24, 2.45) is 0 Å². The van der Waals surface area contributed by atoms with Gasteiger partial charge < -0.3 is 4.90 Å². The van der Waals surface area contributed by atoms with Gasteiger partial charge in [-0.3, -0.25) is 4.79 Å². The summed E-state index contributed by atoms with van der Waals surface area (Å²) < 4.78 is 23.0. The molecule has 0 aromatic heterocycles. The lowest BCUT2D eigenvalue weighted by molar-refractivity contribution is 0.0708. The van der Waals surface area contributed by atoms with Gasteiger partial charge in [-0.25, -0.2) is 8.42 Å². The monoisotopic (exact) mass is 267 g/mol. The minimum Gasteiger partial charge on any atom is -0.335 e. The van der Waals surface area contributed by atoms with Crippen molar-refractivity contribution in [2.45, 2.75) is 19.4 Å². The lowest BCUT2D eigenvalue weighted by Crippen LogP contribution is -2.40. The van der Waals surface area contributed by atoms with Gasteiger partial charge in [0.05, 0.1) is 11.5 Å². The molecule has 2 rings (SSSR count). The molecular formula is C13H17NO3S. The second-order valence-electron chi connectivity index (χ2n) is 4.51. The molecule has 1 heterocycles. The number of amides is 1. The number of benzene rings is 1. The van der Waals surface area contributed by atoms with E-state index in [2.05, 4.69) is 0 Å². The Hall–Kier alpha value is -1.36. The van der Waals surface area contributed by atoms with Crippen LogP contribution in [0.5, 0.6) is 0 Å². The predicted molar refractivity (Wildman–Crippen MR) is 70.2 cm³/mol. The van der Waals surface area contributed by atoms with Crippen LogP contribution in [0.25, 0.3) is 0 Å². The number of carbonyl (C=O) groups is 1. The summed E-state index contributed by atoms with van der Waals surface area (Å²) in [5.41, 5.74) is 0.614. The van der Waals surface area contributed by atoms with Gasteiger partial charge >= 0.3 is 0 Å². The Kier molecular flexibility index (Phi) is 3.71. The standard InChI is InChI=1S/C13H17NO3S/c1-2-14(12-8-9-18(16,17)10-12)13(15)11-6-4-3-5-7-11/h3-7,12H,2,8-10H2,1H3/t12-/m0/s1. The molecule has 0 aliphatic carbocycles. The molecule has 1 fully saturated rings. The maximum atomic E-state index is 12.3. The van der Waals surface area contributed by atoms with Crippen LogP contribution in [-0.2, 0) is 9.84 Å². The van der Waals surface area contributed by atoms with Crippen LogP contribution in [0, 0.1) is 0 Å². The van der Waals surface area contributed by atoms with E-state index in [4.69, 9.17) is 0 Å². The van der Waals surface area contributed by atoms with Crippen LogP contribution in [0.1, 0.15) is 23.7 Å². The number of hydrogen-bond donors (Lipinski definition) is 0. The minimum absolute atomic E-state index is 0.0831. The van der Waals surface area contributed by atoms with Crippen molar-refractivity contribution in [3.63, 3.8) is 0 Å². The van der Waals surface area contributed by atoms with Crippen LogP contribution in [0.3, 0.4) is 0 Å².